The topological polar surface area (TPSA) is 0 Å². The molecule has 2 aliphatic carbocycles. The number of hydrogen-bond acceptors (Lipinski definition) is 0. The van der Waals surface area contributed by atoms with E-state index < -0.39 is 0 Å². The Balaban J connectivity index is 2.09. The number of fused-ring (bicyclic) bond motifs is 1. The normalized spacial score (nSPS) is 63.7. The molecule has 2 atom stereocenters. The first-order chi connectivity index (χ1) is 4.13. The summed E-state index contributed by atoms with van der Waals surface area (Å²) >= 11 is 0. The molecular weight excluding hydrogens is 108 g/mol. The van der Waals surface area contributed by atoms with E-state index in [1.165, 1.54) is 12.8 Å². The molecule has 2 saturated carbocycles. The Morgan fingerprint density at radius 3 is 1.67 bits per heavy atom. The van der Waals surface area contributed by atoms with E-state index in [4.69, 9.17) is 0 Å². The van der Waals surface area contributed by atoms with Crippen molar-refractivity contribution in [3.8, 4) is 0 Å². The Morgan fingerprint density at radius 2 is 1.56 bits per heavy atom. The molecule has 2 fully saturated rings. The zero-order valence-corrected chi connectivity index (χ0v) is 6.65. The van der Waals surface area contributed by atoms with Crippen LogP contribution in [0.15, 0.2) is 0 Å². The molecule has 9 heavy (non-hydrogen) atoms. The molecule has 0 N–H and O–H groups in total. The van der Waals surface area contributed by atoms with Crippen molar-refractivity contribution >= 4 is 0 Å². The Bertz CT molecular complexity index is 125. The van der Waals surface area contributed by atoms with Gasteiger partial charge in [0.25, 0.3) is 0 Å². The van der Waals surface area contributed by atoms with Crippen molar-refractivity contribution in [3.63, 3.8) is 0 Å². The van der Waals surface area contributed by atoms with Gasteiger partial charge in [-0.1, -0.05) is 20.8 Å². The molecule has 2 unspecified atom stereocenters. The molecule has 0 saturated heterocycles. The summed E-state index contributed by atoms with van der Waals surface area (Å²) in [6, 6.07) is 0. The lowest BCUT2D eigenvalue weighted by molar-refractivity contribution is -0.159. The second-order valence-electron chi connectivity index (χ2n) is 4.54. The molecule has 0 aromatic heterocycles. The molecular formula is C9H16. The first kappa shape index (κ1) is 5.76. The van der Waals surface area contributed by atoms with Gasteiger partial charge in [-0.15, -0.1) is 0 Å². The van der Waals surface area contributed by atoms with E-state index in [1.807, 2.05) is 0 Å². The zero-order chi connectivity index (χ0) is 6.65. The number of hydrogen-bond donors (Lipinski definition) is 0. The van der Waals surface area contributed by atoms with Crippen molar-refractivity contribution in [1.82, 2.24) is 0 Å². The van der Waals surface area contributed by atoms with Crippen LogP contribution in [0.5, 0.6) is 0 Å². The predicted octanol–water partition coefficient (Wildman–Crippen LogP) is 2.69. The second-order valence-corrected chi connectivity index (χ2v) is 4.54. The first-order valence-corrected chi connectivity index (χ1v) is 4.13. The minimum absolute atomic E-state index is 0.804. The van der Waals surface area contributed by atoms with E-state index in [0.29, 0.717) is 0 Å². The quantitative estimate of drug-likeness (QED) is 0.465. The Labute approximate surface area is 57.6 Å². The molecule has 0 radical (unpaired) electrons. The van der Waals surface area contributed by atoms with Crippen molar-refractivity contribution in [1.29, 1.82) is 0 Å². The van der Waals surface area contributed by atoms with Crippen molar-refractivity contribution in [2.75, 3.05) is 0 Å². The summed E-state index contributed by atoms with van der Waals surface area (Å²) in [5, 5.41) is 0. The SMILES string of the molecule is CC1CC2(C)CC(C)C12. The maximum absolute atomic E-state index is 2.46. The lowest BCUT2D eigenvalue weighted by Gasteiger charge is -2.65. The van der Waals surface area contributed by atoms with E-state index in [2.05, 4.69) is 20.8 Å². The molecule has 0 spiro atoms. The van der Waals surface area contributed by atoms with Crippen LogP contribution in [-0.4, -0.2) is 0 Å². The fourth-order valence-corrected chi connectivity index (χ4v) is 3.69. The molecule has 0 bridgehead atoms. The predicted molar refractivity (Wildman–Crippen MR) is 39.2 cm³/mol. The van der Waals surface area contributed by atoms with Gasteiger partial charge in [-0.25, -0.2) is 0 Å². The van der Waals surface area contributed by atoms with Gasteiger partial charge in [0.1, 0.15) is 0 Å². The molecule has 0 heterocycles. The van der Waals surface area contributed by atoms with Crippen LogP contribution in [0.1, 0.15) is 33.6 Å². The number of rotatable bonds is 0. The highest BCUT2D eigenvalue weighted by Crippen LogP contribution is 2.66. The molecule has 0 aromatic rings. The third-order valence-electron chi connectivity index (χ3n) is 3.61. The molecule has 0 amide bonds. The molecule has 2 aliphatic rings. The average molecular weight is 124 g/mol. The highest BCUT2D eigenvalue weighted by Gasteiger charge is 2.58. The van der Waals surface area contributed by atoms with Gasteiger partial charge in [0.2, 0.25) is 0 Å². The third-order valence-corrected chi connectivity index (χ3v) is 3.61. The van der Waals surface area contributed by atoms with Gasteiger partial charge in [-0.3, -0.25) is 0 Å². The van der Waals surface area contributed by atoms with Crippen molar-refractivity contribution in [3.05, 3.63) is 0 Å². The maximum Gasteiger partial charge on any atom is -0.0287 e. The highest BCUT2D eigenvalue weighted by molar-refractivity contribution is 5.07. The van der Waals surface area contributed by atoms with Gasteiger partial charge < -0.3 is 0 Å². The van der Waals surface area contributed by atoms with Crippen molar-refractivity contribution < 1.29 is 0 Å². The van der Waals surface area contributed by atoms with Gasteiger partial charge in [0, 0.05) is 0 Å². The van der Waals surface area contributed by atoms with Crippen LogP contribution in [0.2, 0.25) is 0 Å². The van der Waals surface area contributed by atoms with Crippen LogP contribution < -0.4 is 0 Å². The standard InChI is InChI=1S/C9H16/c1-6-4-9(3)5-7(2)8(6)9/h6-8H,4-5H2,1-3H3. The monoisotopic (exact) mass is 124 g/mol. The minimum atomic E-state index is 0.804. The highest BCUT2D eigenvalue weighted by atomic mass is 14.6. The van der Waals surface area contributed by atoms with Crippen molar-refractivity contribution in [2.24, 2.45) is 23.2 Å². The van der Waals surface area contributed by atoms with Crippen LogP contribution in [0.4, 0.5) is 0 Å². The summed E-state index contributed by atoms with van der Waals surface area (Å²) in [5.41, 5.74) is 0.804. The van der Waals surface area contributed by atoms with Crippen LogP contribution in [0.25, 0.3) is 0 Å². The minimum Gasteiger partial charge on any atom is -0.0622 e. The zero-order valence-electron chi connectivity index (χ0n) is 6.65. The fourth-order valence-electron chi connectivity index (χ4n) is 3.69. The van der Waals surface area contributed by atoms with Gasteiger partial charge in [-0.05, 0) is 36.0 Å². The molecule has 2 rings (SSSR count). The van der Waals surface area contributed by atoms with Gasteiger partial charge in [-0.2, -0.15) is 0 Å². The summed E-state index contributed by atoms with van der Waals surface area (Å²) in [5.74, 6) is 3.18. The summed E-state index contributed by atoms with van der Waals surface area (Å²) in [7, 11) is 0. The smallest absolute Gasteiger partial charge is 0.0287 e. The van der Waals surface area contributed by atoms with Crippen LogP contribution in [0.3, 0.4) is 0 Å². The Kier molecular flexibility index (Phi) is 0.868. The maximum atomic E-state index is 2.46. The van der Waals surface area contributed by atoms with E-state index >= 15 is 0 Å². The van der Waals surface area contributed by atoms with Crippen molar-refractivity contribution in [2.45, 2.75) is 33.6 Å². The van der Waals surface area contributed by atoms with E-state index in [-0.39, 0.29) is 0 Å². The third kappa shape index (κ3) is 0.500. The Morgan fingerprint density at radius 1 is 1.11 bits per heavy atom. The van der Waals surface area contributed by atoms with Gasteiger partial charge in [0.15, 0.2) is 0 Å². The second kappa shape index (κ2) is 1.36. The summed E-state index contributed by atoms with van der Waals surface area (Å²) in [6.45, 7) is 7.27. The lowest BCUT2D eigenvalue weighted by Crippen LogP contribution is -2.57. The van der Waals surface area contributed by atoms with Crippen LogP contribution in [-0.2, 0) is 0 Å². The van der Waals surface area contributed by atoms with Crippen LogP contribution in [0, 0.1) is 23.2 Å². The molecule has 0 aliphatic heterocycles. The molecule has 0 nitrogen and oxygen atoms in total. The summed E-state index contributed by atoms with van der Waals surface area (Å²) < 4.78 is 0. The van der Waals surface area contributed by atoms with E-state index in [9.17, 15) is 0 Å². The lowest BCUT2D eigenvalue weighted by atomic mass is 9.40. The first-order valence-electron chi connectivity index (χ1n) is 4.13. The average Bonchev–Trinajstić information content (AvgIpc) is 1.61. The fraction of sp³-hybridized carbons (Fsp3) is 1.00. The van der Waals surface area contributed by atoms with E-state index in [1.54, 1.807) is 0 Å². The molecule has 52 valence electrons. The van der Waals surface area contributed by atoms with Gasteiger partial charge in [0.05, 0.1) is 0 Å². The van der Waals surface area contributed by atoms with Gasteiger partial charge >= 0.3 is 0 Å². The largest absolute Gasteiger partial charge is 0.0622 e. The van der Waals surface area contributed by atoms with Crippen LogP contribution >= 0.6 is 0 Å². The van der Waals surface area contributed by atoms with E-state index in [0.717, 1.165) is 23.2 Å². The molecule has 0 aromatic carbocycles. The Hall–Kier alpha value is 0. The molecule has 0 heteroatoms. The summed E-state index contributed by atoms with van der Waals surface area (Å²) in [4.78, 5) is 0. The summed E-state index contributed by atoms with van der Waals surface area (Å²) in [6.07, 6.45) is 3.00.